The minimum absolute atomic E-state index is 0. The van der Waals surface area contributed by atoms with E-state index < -0.39 is 5.97 Å². The molecule has 0 aliphatic carbocycles. The smallest absolute Gasteiger partial charge is 0.550 e. The zero-order valence-corrected chi connectivity index (χ0v) is 8.10. The summed E-state index contributed by atoms with van der Waals surface area (Å²) in [7, 11) is 0. The van der Waals surface area contributed by atoms with Gasteiger partial charge in [0.15, 0.2) is 0 Å². The van der Waals surface area contributed by atoms with E-state index in [-0.39, 0.29) is 22.7 Å². The molecule has 0 aromatic carbocycles. The van der Waals surface area contributed by atoms with E-state index in [1.54, 1.807) is 0 Å². The summed E-state index contributed by atoms with van der Waals surface area (Å²) in [6.07, 6.45) is 3.52. The van der Waals surface area contributed by atoms with Gasteiger partial charge < -0.3 is 9.90 Å². The molecule has 0 saturated carbocycles. The molecule has 1 unspecified atom stereocenters. The van der Waals surface area contributed by atoms with Crippen molar-refractivity contribution in [2.45, 2.75) is 39.5 Å². The van der Waals surface area contributed by atoms with Crippen molar-refractivity contribution in [1.82, 2.24) is 0 Å². The molecule has 2 nitrogen and oxygen atoms in total. The van der Waals surface area contributed by atoms with Gasteiger partial charge in [0.1, 0.15) is 0 Å². The van der Waals surface area contributed by atoms with Crippen LogP contribution in [-0.4, -0.2) is 5.97 Å². The van der Waals surface area contributed by atoms with Crippen LogP contribution in [0.2, 0.25) is 0 Å². The molecule has 0 aliphatic rings. The summed E-state index contributed by atoms with van der Waals surface area (Å²) in [6, 6.07) is 0. The molecular weight excluding hydrogens is 187 g/mol. The molecule has 0 aromatic rings. The Labute approximate surface area is 78.6 Å². The SMILES string of the molecule is CCCCC(CC)C(=O)[O-].[Co+2]. The first-order valence-electron chi connectivity index (χ1n) is 3.93. The third-order valence-corrected chi connectivity index (χ3v) is 1.73. The summed E-state index contributed by atoms with van der Waals surface area (Å²) in [5.41, 5.74) is 0. The van der Waals surface area contributed by atoms with Crippen LogP contribution in [0.25, 0.3) is 0 Å². The van der Waals surface area contributed by atoms with Gasteiger partial charge in [0.2, 0.25) is 0 Å². The molecular formula is C8H15CoO2+. The van der Waals surface area contributed by atoms with Crippen LogP contribution in [-0.2, 0) is 21.6 Å². The minimum atomic E-state index is -0.893. The van der Waals surface area contributed by atoms with Gasteiger partial charge >= 0.3 is 16.8 Å². The van der Waals surface area contributed by atoms with Gasteiger partial charge in [-0.3, -0.25) is 0 Å². The van der Waals surface area contributed by atoms with Crippen LogP contribution in [0.15, 0.2) is 0 Å². The molecule has 0 spiro atoms. The van der Waals surface area contributed by atoms with Crippen molar-refractivity contribution in [2.24, 2.45) is 5.92 Å². The van der Waals surface area contributed by atoms with E-state index in [1.165, 1.54) is 0 Å². The Morgan fingerprint density at radius 1 is 1.45 bits per heavy atom. The van der Waals surface area contributed by atoms with Gasteiger partial charge in [0.05, 0.1) is 0 Å². The fraction of sp³-hybridized carbons (Fsp3) is 0.875. The van der Waals surface area contributed by atoms with Crippen LogP contribution < -0.4 is 5.11 Å². The Balaban J connectivity index is 0. The van der Waals surface area contributed by atoms with Crippen LogP contribution in [0.1, 0.15) is 39.5 Å². The summed E-state index contributed by atoms with van der Waals surface area (Å²) in [5.74, 6) is -1.11. The van der Waals surface area contributed by atoms with Crippen LogP contribution in [0.3, 0.4) is 0 Å². The van der Waals surface area contributed by atoms with E-state index in [0.29, 0.717) is 6.42 Å². The third kappa shape index (κ3) is 6.38. The van der Waals surface area contributed by atoms with Crippen LogP contribution in [0, 0.1) is 5.92 Å². The number of carboxylic acid groups (broad SMARTS) is 1. The summed E-state index contributed by atoms with van der Waals surface area (Å²) in [5, 5.41) is 10.3. The van der Waals surface area contributed by atoms with Gasteiger partial charge in [0, 0.05) is 5.97 Å². The first-order valence-corrected chi connectivity index (χ1v) is 3.93. The van der Waals surface area contributed by atoms with Crippen molar-refractivity contribution >= 4 is 5.97 Å². The van der Waals surface area contributed by atoms with Crippen molar-refractivity contribution in [3.63, 3.8) is 0 Å². The summed E-state index contributed by atoms with van der Waals surface area (Å²) >= 11 is 0. The van der Waals surface area contributed by atoms with E-state index in [2.05, 4.69) is 6.92 Å². The molecule has 0 fully saturated rings. The molecule has 0 N–H and O–H groups in total. The van der Waals surface area contributed by atoms with Gasteiger partial charge in [-0.15, -0.1) is 0 Å². The predicted octanol–water partition coefficient (Wildman–Crippen LogP) is 0.950. The van der Waals surface area contributed by atoms with E-state index in [9.17, 15) is 9.90 Å². The fourth-order valence-corrected chi connectivity index (χ4v) is 0.939. The maximum Gasteiger partial charge on any atom is 2.00 e. The quantitative estimate of drug-likeness (QED) is 0.665. The maximum atomic E-state index is 10.3. The molecule has 0 amide bonds. The van der Waals surface area contributed by atoms with Crippen LogP contribution in [0.4, 0.5) is 0 Å². The first kappa shape index (κ1) is 13.6. The Hall–Kier alpha value is -0.0235. The molecule has 11 heavy (non-hydrogen) atoms. The number of aliphatic carboxylic acids is 1. The van der Waals surface area contributed by atoms with Crippen molar-refractivity contribution in [2.75, 3.05) is 0 Å². The molecule has 0 rings (SSSR count). The molecule has 3 heteroatoms. The minimum Gasteiger partial charge on any atom is -0.550 e. The van der Waals surface area contributed by atoms with Gasteiger partial charge in [0.25, 0.3) is 0 Å². The van der Waals surface area contributed by atoms with Gasteiger partial charge in [-0.2, -0.15) is 0 Å². The standard InChI is InChI=1S/C8H16O2.Co/c1-3-5-6-7(4-2)8(9)10;/h7H,3-6H2,1-2H3,(H,9,10);/q;+2/p-1. The second-order valence-corrected chi connectivity index (χ2v) is 2.57. The maximum absolute atomic E-state index is 10.3. The van der Waals surface area contributed by atoms with Gasteiger partial charge in [-0.25, -0.2) is 0 Å². The first-order chi connectivity index (χ1) is 4.72. The van der Waals surface area contributed by atoms with E-state index >= 15 is 0 Å². The number of hydrogen-bond donors (Lipinski definition) is 0. The zero-order valence-electron chi connectivity index (χ0n) is 7.06. The molecule has 67 valence electrons. The van der Waals surface area contributed by atoms with Gasteiger partial charge in [-0.1, -0.05) is 26.7 Å². The van der Waals surface area contributed by atoms with Crippen molar-refractivity contribution in [3.05, 3.63) is 0 Å². The van der Waals surface area contributed by atoms with Crippen molar-refractivity contribution in [1.29, 1.82) is 0 Å². The Morgan fingerprint density at radius 2 is 2.00 bits per heavy atom. The monoisotopic (exact) mass is 202 g/mol. The van der Waals surface area contributed by atoms with Crippen molar-refractivity contribution < 1.29 is 26.7 Å². The number of carbonyl (C=O) groups excluding carboxylic acids is 1. The molecule has 0 bridgehead atoms. The average molecular weight is 202 g/mol. The summed E-state index contributed by atoms with van der Waals surface area (Å²) < 4.78 is 0. The van der Waals surface area contributed by atoms with Gasteiger partial charge in [-0.05, 0) is 18.8 Å². The Morgan fingerprint density at radius 3 is 2.27 bits per heavy atom. The van der Waals surface area contributed by atoms with E-state index in [4.69, 9.17) is 0 Å². The summed E-state index contributed by atoms with van der Waals surface area (Å²) in [6.45, 7) is 3.94. The molecule has 1 radical (unpaired) electrons. The number of carboxylic acids is 1. The second kappa shape index (κ2) is 8.08. The number of rotatable bonds is 5. The normalized spacial score (nSPS) is 11.8. The van der Waals surface area contributed by atoms with E-state index in [1.807, 2.05) is 6.92 Å². The number of unbranched alkanes of at least 4 members (excludes halogenated alkanes) is 1. The molecule has 0 aromatic heterocycles. The molecule has 0 aliphatic heterocycles. The number of hydrogen-bond acceptors (Lipinski definition) is 2. The van der Waals surface area contributed by atoms with Crippen LogP contribution >= 0.6 is 0 Å². The molecule has 1 atom stereocenters. The number of carbonyl (C=O) groups is 1. The largest absolute Gasteiger partial charge is 2.00 e. The predicted molar refractivity (Wildman–Crippen MR) is 38.3 cm³/mol. The Bertz CT molecular complexity index is 104. The topological polar surface area (TPSA) is 40.1 Å². The van der Waals surface area contributed by atoms with E-state index in [0.717, 1.165) is 19.3 Å². The third-order valence-electron chi connectivity index (χ3n) is 1.73. The van der Waals surface area contributed by atoms with Crippen molar-refractivity contribution in [3.8, 4) is 0 Å². The zero-order chi connectivity index (χ0) is 7.98. The second-order valence-electron chi connectivity index (χ2n) is 2.57. The molecule has 0 heterocycles. The van der Waals surface area contributed by atoms with Crippen LogP contribution in [0.5, 0.6) is 0 Å². The average Bonchev–Trinajstić information content (AvgIpc) is 1.89. The summed E-state index contributed by atoms with van der Waals surface area (Å²) in [4.78, 5) is 10.3. The molecule has 0 saturated heterocycles. The Kier molecular flexibility index (Phi) is 9.96. The fourth-order valence-electron chi connectivity index (χ4n) is 0.939.